The smallest absolute Gasteiger partial charge is 0.295 e. The van der Waals surface area contributed by atoms with E-state index in [4.69, 9.17) is 5.26 Å². The molecule has 0 N–H and O–H groups in total. The number of nitriles is 1. The monoisotopic (exact) mass is 264 g/mol. The highest BCUT2D eigenvalue weighted by atomic mass is 19.4. The molecular weight excluding hydrogens is 241 g/mol. The lowest BCUT2D eigenvalue weighted by atomic mass is 9.84. The zero-order valence-electron chi connectivity index (χ0n) is 11.4. The van der Waals surface area contributed by atoms with Crippen molar-refractivity contribution in [2.75, 3.05) is 13.6 Å². The van der Waals surface area contributed by atoms with Gasteiger partial charge in [0.05, 0.1) is 12.6 Å². The number of rotatable bonds is 3. The van der Waals surface area contributed by atoms with E-state index in [1.54, 1.807) is 0 Å². The normalized spacial score (nSPS) is 24.1. The average molecular weight is 264 g/mol. The first-order chi connectivity index (χ1) is 8.42. The van der Waals surface area contributed by atoms with Crippen LogP contribution in [0.25, 0.3) is 0 Å². The zero-order chi connectivity index (χ0) is 14.2. The molecule has 0 bridgehead atoms. The summed E-state index contributed by atoms with van der Waals surface area (Å²) in [7, 11) is 1.53. The highest BCUT2D eigenvalue weighted by Crippen LogP contribution is 2.30. The summed E-state index contributed by atoms with van der Waals surface area (Å²) in [5.74, 6) is 0.389. The molecule has 2 nitrogen and oxygen atoms in total. The second-order valence-electron chi connectivity index (χ2n) is 4.57. The first-order valence-electron chi connectivity index (χ1n) is 6.56. The molecule has 0 amide bonds. The van der Waals surface area contributed by atoms with Crippen LogP contribution in [-0.4, -0.2) is 30.7 Å². The van der Waals surface area contributed by atoms with Crippen LogP contribution in [0.15, 0.2) is 0 Å². The molecule has 0 heterocycles. The Morgan fingerprint density at radius 2 is 1.67 bits per heavy atom. The molecule has 1 aliphatic rings. The third kappa shape index (κ3) is 6.85. The Bertz CT molecular complexity index is 250. The molecular formula is C13H23F3N2. The number of alkyl halides is 3. The van der Waals surface area contributed by atoms with E-state index >= 15 is 0 Å². The lowest BCUT2D eigenvalue weighted by Crippen LogP contribution is -2.40. The van der Waals surface area contributed by atoms with Gasteiger partial charge in [0.25, 0.3) is 0 Å². The predicted octanol–water partition coefficient (Wildman–Crippen LogP) is 3.98. The SMILES string of the molecule is CC.CN(CC(F)(F)F)C1CCC(CC#N)CC1. The Balaban J connectivity index is 0.00000137. The second-order valence-corrected chi connectivity index (χ2v) is 4.57. The molecule has 1 rings (SSSR count). The van der Waals surface area contributed by atoms with Crippen molar-refractivity contribution in [2.45, 2.75) is 58.2 Å². The number of hydrogen-bond acceptors (Lipinski definition) is 2. The summed E-state index contributed by atoms with van der Waals surface area (Å²) in [6, 6.07) is 2.15. The van der Waals surface area contributed by atoms with Gasteiger partial charge in [-0.2, -0.15) is 18.4 Å². The van der Waals surface area contributed by atoms with Crippen LogP contribution in [0.1, 0.15) is 46.0 Å². The molecule has 5 heteroatoms. The van der Waals surface area contributed by atoms with Crippen molar-refractivity contribution in [3.8, 4) is 6.07 Å². The van der Waals surface area contributed by atoms with Crippen LogP contribution in [0.2, 0.25) is 0 Å². The van der Waals surface area contributed by atoms with Crippen molar-refractivity contribution >= 4 is 0 Å². The van der Waals surface area contributed by atoms with Gasteiger partial charge in [0, 0.05) is 12.5 Å². The summed E-state index contributed by atoms with van der Waals surface area (Å²) in [6.45, 7) is 3.17. The molecule has 0 saturated heterocycles. The highest BCUT2D eigenvalue weighted by Gasteiger charge is 2.33. The van der Waals surface area contributed by atoms with Crippen molar-refractivity contribution in [1.82, 2.24) is 4.90 Å². The molecule has 0 unspecified atom stereocenters. The molecule has 0 aliphatic heterocycles. The van der Waals surface area contributed by atoms with Gasteiger partial charge >= 0.3 is 6.18 Å². The van der Waals surface area contributed by atoms with Gasteiger partial charge in [-0.3, -0.25) is 4.90 Å². The minimum absolute atomic E-state index is 0.0246. The largest absolute Gasteiger partial charge is 0.401 e. The van der Waals surface area contributed by atoms with Crippen LogP contribution in [0.5, 0.6) is 0 Å². The van der Waals surface area contributed by atoms with Gasteiger partial charge in [-0.05, 0) is 38.6 Å². The topological polar surface area (TPSA) is 27.0 Å². The van der Waals surface area contributed by atoms with Crippen LogP contribution >= 0.6 is 0 Å². The molecule has 0 aromatic heterocycles. The van der Waals surface area contributed by atoms with Crippen LogP contribution in [0.4, 0.5) is 13.2 Å². The fraction of sp³-hybridized carbons (Fsp3) is 0.923. The van der Waals surface area contributed by atoms with Crippen molar-refractivity contribution in [3.05, 3.63) is 0 Å². The van der Waals surface area contributed by atoms with Gasteiger partial charge < -0.3 is 0 Å². The minimum atomic E-state index is -4.11. The van der Waals surface area contributed by atoms with Crippen LogP contribution < -0.4 is 0 Å². The van der Waals surface area contributed by atoms with Gasteiger partial charge in [-0.1, -0.05) is 13.8 Å². The Kier molecular flexibility index (Phi) is 8.01. The van der Waals surface area contributed by atoms with Crippen molar-refractivity contribution in [1.29, 1.82) is 5.26 Å². The van der Waals surface area contributed by atoms with Crippen molar-refractivity contribution < 1.29 is 13.2 Å². The average Bonchev–Trinajstić information content (AvgIpc) is 2.31. The molecule has 1 aliphatic carbocycles. The molecule has 106 valence electrons. The van der Waals surface area contributed by atoms with Gasteiger partial charge in [0.15, 0.2) is 0 Å². The van der Waals surface area contributed by atoms with E-state index in [2.05, 4.69) is 6.07 Å². The lowest BCUT2D eigenvalue weighted by molar-refractivity contribution is -0.148. The minimum Gasteiger partial charge on any atom is -0.295 e. The number of halogens is 3. The van der Waals surface area contributed by atoms with Gasteiger partial charge in [-0.15, -0.1) is 0 Å². The molecule has 18 heavy (non-hydrogen) atoms. The maximum atomic E-state index is 12.2. The molecule has 0 atom stereocenters. The predicted molar refractivity (Wildman–Crippen MR) is 66.0 cm³/mol. The molecule has 0 aromatic carbocycles. The Hall–Kier alpha value is -0.760. The van der Waals surface area contributed by atoms with E-state index in [0.717, 1.165) is 25.7 Å². The summed E-state index contributed by atoms with van der Waals surface area (Å²) in [5.41, 5.74) is 0. The summed E-state index contributed by atoms with van der Waals surface area (Å²) in [4.78, 5) is 1.39. The first-order valence-corrected chi connectivity index (χ1v) is 6.56. The number of nitrogens with zero attached hydrogens (tertiary/aromatic N) is 2. The van der Waals surface area contributed by atoms with Crippen LogP contribution in [0, 0.1) is 17.2 Å². The molecule has 0 spiro atoms. The van der Waals surface area contributed by atoms with E-state index in [0.29, 0.717) is 12.3 Å². The Morgan fingerprint density at radius 1 is 1.17 bits per heavy atom. The molecule has 0 aromatic rings. The quantitative estimate of drug-likeness (QED) is 0.771. The van der Waals surface area contributed by atoms with Crippen LogP contribution in [0.3, 0.4) is 0 Å². The van der Waals surface area contributed by atoms with Gasteiger partial charge in [0.1, 0.15) is 0 Å². The standard InChI is InChI=1S/C11H17F3N2.C2H6/c1-16(8-11(12,13)14)10-4-2-9(3-5-10)6-7-15;1-2/h9-10H,2-6,8H2,1H3;1-2H3. The molecule has 1 fully saturated rings. The lowest BCUT2D eigenvalue weighted by Gasteiger charge is -2.34. The number of hydrogen-bond donors (Lipinski definition) is 0. The Morgan fingerprint density at radius 3 is 2.06 bits per heavy atom. The third-order valence-electron chi connectivity index (χ3n) is 3.25. The third-order valence-corrected chi connectivity index (χ3v) is 3.25. The fourth-order valence-electron chi connectivity index (χ4n) is 2.33. The first kappa shape index (κ1) is 17.2. The zero-order valence-corrected chi connectivity index (χ0v) is 11.4. The second kappa shape index (κ2) is 8.36. The Labute approximate surface area is 108 Å². The highest BCUT2D eigenvalue weighted by molar-refractivity contribution is 4.84. The van der Waals surface area contributed by atoms with E-state index in [9.17, 15) is 13.2 Å². The summed E-state index contributed by atoms with van der Waals surface area (Å²) in [5, 5.41) is 8.54. The van der Waals surface area contributed by atoms with Crippen molar-refractivity contribution in [3.63, 3.8) is 0 Å². The summed E-state index contributed by atoms with van der Waals surface area (Å²) in [6.07, 6.45) is -0.271. The van der Waals surface area contributed by atoms with E-state index in [1.165, 1.54) is 11.9 Å². The van der Waals surface area contributed by atoms with Gasteiger partial charge in [-0.25, -0.2) is 0 Å². The van der Waals surface area contributed by atoms with Crippen molar-refractivity contribution in [2.24, 2.45) is 5.92 Å². The van der Waals surface area contributed by atoms with E-state index < -0.39 is 12.7 Å². The van der Waals surface area contributed by atoms with E-state index in [-0.39, 0.29) is 6.04 Å². The molecule has 1 saturated carbocycles. The molecule has 0 radical (unpaired) electrons. The van der Waals surface area contributed by atoms with E-state index in [1.807, 2.05) is 13.8 Å². The summed E-state index contributed by atoms with van der Waals surface area (Å²) < 4.78 is 36.5. The van der Waals surface area contributed by atoms with Gasteiger partial charge in [0.2, 0.25) is 0 Å². The fourth-order valence-corrected chi connectivity index (χ4v) is 2.33. The summed E-state index contributed by atoms with van der Waals surface area (Å²) >= 11 is 0. The maximum absolute atomic E-state index is 12.2. The van der Waals surface area contributed by atoms with Crippen LogP contribution in [-0.2, 0) is 0 Å². The maximum Gasteiger partial charge on any atom is 0.401 e.